The van der Waals surface area contributed by atoms with Crippen LogP contribution in [0.25, 0.3) is 71.3 Å². The summed E-state index contributed by atoms with van der Waals surface area (Å²) in [5, 5.41) is 7.39. The van der Waals surface area contributed by atoms with Crippen molar-refractivity contribution in [1.29, 1.82) is 0 Å². The Morgan fingerprint density at radius 3 is 1.80 bits per heavy atom. The number of anilines is 6. The maximum Gasteiger partial charge on any atom is 0.0546 e. The van der Waals surface area contributed by atoms with Gasteiger partial charge in [-0.05, 0) is 106 Å². The maximum atomic E-state index is 2.42. The molecule has 3 heteroatoms. The summed E-state index contributed by atoms with van der Waals surface area (Å²) in [6.07, 6.45) is 0. The summed E-state index contributed by atoms with van der Waals surface area (Å²) in [6, 6.07) is 81.7. The summed E-state index contributed by atoms with van der Waals surface area (Å²) in [5.74, 6) is 0. The second-order valence-corrected chi connectivity index (χ2v) is 15.3. The molecule has 0 radical (unpaired) electrons. The highest BCUT2D eigenvalue weighted by atomic mass is 15.2. The predicted molar refractivity (Wildman–Crippen MR) is 250 cm³/mol. The number of benzene rings is 10. The number of rotatable bonds is 6. The number of nitrogens with zero attached hydrogens (tertiary/aromatic N) is 3. The molecule has 0 N–H and O–H groups in total. The van der Waals surface area contributed by atoms with Crippen molar-refractivity contribution in [3.63, 3.8) is 0 Å². The van der Waals surface area contributed by atoms with Crippen LogP contribution in [0.2, 0.25) is 0 Å². The lowest BCUT2D eigenvalue weighted by molar-refractivity contribution is 1.18. The van der Waals surface area contributed by atoms with Crippen molar-refractivity contribution in [1.82, 2.24) is 4.57 Å². The summed E-state index contributed by atoms with van der Waals surface area (Å²) in [6.45, 7) is 0. The molecule has 0 unspecified atom stereocenters. The van der Waals surface area contributed by atoms with Gasteiger partial charge in [0.15, 0.2) is 0 Å². The summed E-state index contributed by atoms with van der Waals surface area (Å²) in [5.41, 5.74) is 15.4. The Hall–Kier alpha value is -7.88. The molecule has 0 spiro atoms. The first kappa shape index (κ1) is 33.3. The summed E-state index contributed by atoms with van der Waals surface area (Å²) >= 11 is 0. The second-order valence-electron chi connectivity index (χ2n) is 15.3. The molecular weight excluding hydrogens is 715 g/mol. The molecule has 0 aliphatic carbocycles. The average Bonchev–Trinajstić information content (AvgIpc) is 3.64. The van der Waals surface area contributed by atoms with Gasteiger partial charge in [0, 0.05) is 49.9 Å². The first-order valence-electron chi connectivity index (χ1n) is 20.3. The Morgan fingerprint density at radius 1 is 0.339 bits per heavy atom. The largest absolute Gasteiger partial charge is 0.310 e. The van der Waals surface area contributed by atoms with E-state index >= 15 is 0 Å². The molecule has 0 bridgehead atoms. The lowest BCUT2D eigenvalue weighted by atomic mass is 9.87. The predicted octanol–water partition coefficient (Wildman–Crippen LogP) is 15.7. The van der Waals surface area contributed by atoms with Crippen LogP contribution in [0, 0.1) is 0 Å². The molecule has 59 heavy (non-hydrogen) atoms. The van der Waals surface area contributed by atoms with Gasteiger partial charge in [-0.1, -0.05) is 146 Å². The van der Waals surface area contributed by atoms with Gasteiger partial charge in [0.05, 0.1) is 28.1 Å². The minimum absolute atomic E-state index is 1.10. The fraction of sp³-hybridized carbons (Fsp3) is 0. The van der Waals surface area contributed by atoms with Crippen LogP contribution in [0.1, 0.15) is 0 Å². The number of hydrogen-bond acceptors (Lipinski definition) is 2. The van der Waals surface area contributed by atoms with E-state index in [1.165, 1.54) is 77.0 Å². The van der Waals surface area contributed by atoms with Crippen LogP contribution in [0.4, 0.5) is 34.1 Å². The Labute approximate surface area is 342 Å². The molecule has 1 aliphatic heterocycles. The maximum absolute atomic E-state index is 2.42. The van der Waals surface area contributed by atoms with E-state index in [-0.39, 0.29) is 0 Å². The van der Waals surface area contributed by atoms with Gasteiger partial charge in [-0.25, -0.2) is 0 Å². The van der Waals surface area contributed by atoms with Crippen LogP contribution < -0.4 is 9.80 Å². The van der Waals surface area contributed by atoms with E-state index in [0.717, 1.165) is 28.4 Å². The molecule has 1 aromatic heterocycles. The first-order valence-corrected chi connectivity index (χ1v) is 20.3. The van der Waals surface area contributed by atoms with Gasteiger partial charge in [-0.15, -0.1) is 0 Å². The number of hydrogen-bond donors (Lipinski definition) is 0. The van der Waals surface area contributed by atoms with Crippen LogP contribution in [0.15, 0.2) is 224 Å². The van der Waals surface area contributed by atoms with Crippen LogP contribution in [-0.2, 0) is 0 Å². The monoisotopic (exact) mass is 751 g/mol. The quantitative estimate of drug-likeness (QED) is 0.168. The molecule has 3 nitrogen and oxygen atoms in total. The second kappa shape index (κ2) is 13.4. The van der Waals surface area contributed by atoms with Crippen molar-refractivity contribution in [2.24, 2.45) is 0 Å². The number of para-hydroxylation sites is 4. The van der Waals surface area contributed by atoms with E-state index in [1.807, 2.05) is 0 Å². The average molecular weight is 752 g/mol. The zero-order valence-electron chi connectivity index (χ0n) is 32.2. The van der Waals surface area contributed by atoms with Crippen molar-refractivity contribution in [3.8, 4) is 27.9 Å². The smallest absolute Gasteiger partial charge is 0.0546 e. The van der Waals surface area contributed by atoms with Gasteiger partial charge in [-0.3, -0.25) is 0 Å². The molecule has 11 aromatic rings. The molecule has 12 rings (SSSR count). The van der Waals surface area contributed by atoms with Gasteiger partial charge >= 0.3 is 0 Å². The fourth-order valence-electron chi connectivity index (χ4n) is 9.51. The molecule has 0 amide bonds. The van der Waals surface area contributed by atoms with Gasteiger partial charge in [0.1, 0.15) is 0 Å². The summed E-state index contributed by atoms with van der Waals surface area (Å²) in [7, 11) is 0. The van der Waals surface area contributed by atoms with Crippen molar-refractivity contribution >= 4 is 77.5 Å². The molecule has 0 atom stereocenters. The zero-order valence-corrected chi connectivity index (χ0v) is 32.2. The van der Waals surface area contributed by atoms with Crippen LogP contribution in [-0.4, -0.2) is 4.57 Å². The minimum Gasteiger partial charge on any atom is -0.310 e. The third-order valence-corrected chi connectivity index (χ3v) is 12.1. The highest BCUT2D eigenvalue weighted by Gasteiger charge is 2.27. The van der Waals surface area contributed by atoms with Crippen LogP contribution >= 0.6 is 0 Å². The van der Waals surface area contributed by atoms with Crippen molar-refractivity contribution in [2.45, 2.75) is 0 Å². The Kier molecular flexibility index (Phi) is 7.54. The van der Waals surface area contributed by atoms with E-state index in [0.29, 0.717) is 0 Å². The molecule has 2 heterocycles. The van der Waals surface area contributed by atoms with E-state index in [1.54, 1.807) is 0 Å². The van der Waals surface area contributed by atoms with Gasteiger partial charge in [0.25, 0.3) is 0 Å². The molecule has 0 saturated heterocycles. The zero-order chi connectivity index (χ0) is 38.9. The lowest BCUT2D eigenvalue weighted by Crippen LogP contribution is -2.14. The highest BCUT2D eigenvalue weighted by molar-refractivity contribution is 6.17. The van der Waals surface area contributed by atoms with Gasteiger partial charge in [0.2, 0.25) is 0 Å². The molecular formula is C56H37N3. The number of fused-ring (bicyclic) bond motifs is 6. The van der Waals surface area contributed by atoms with Gasteiger partial charge < -0.3 is 14.4 Å². The third kappa shape index (κ3) is 5.22. The molecule has 1 aliphatic rings. The number of aromatic nitrogens is 1. The normalized spacial score (nSPS) is 12.0. The molecule has 0 fully saturated rings. The first-order chi connectivity index (χ1) is 29.3. The fourth-order valence-corrected chi connectivity index (χ4v) is 9.51. The van der Waals surface area contributed by atoms with E-state index < -0.39 is 0 Å². The van der Waals surface area contributed by atoms with E-state index in [2.05, 4.69) is 239 Å². The Bertz CT molecular complexity index is 3380. The standard InChI is InChI=1S/C56H37N3/c1-3-17-40(18-4-1)58-53-26-12-10-23-47(53)50-37-43(33-36-54(50)58)57(51-27-13-16-38-15-7-8-21-45(38)51)42-31-29-39(30-32-42)44-34-35-49-46-22-9-11-25-52(46)59(41-19-5-2-6-20-41)55-28-14-24-48(44)56(49)55/h1-37H. The topological polar surface area (TPSA) is 11.4 Å². The van der Waals surface area contributed by atoms with Gasteiger partial charge in [-0.2, -0.15) is 0 Å². The Balaban J connectivity index is 1.03. The van der Waals surface area contributed by atoms with Crippen molar-refractivity contribution in [3.05, 3.63) is 224 Å². The highest BCUT2D eigenvalue weighted by Crippen LogP contribution is 2.52. The van der Waals surface area contributed by atoms with Crippen LogP contribution in [0.5, 0.6) is 0 Å². The molecule has 0 saturated carbocycles. The van der Waals surface area contributed by atoms with Crippen molar-refractivity contribution in [2.75, 3.05) is 9.80 Å². The van der Waals surface area contributed by atoms with Crippen molar-refractivity contribution < 1.29 is 0 Å². The Morgan fingerprint density at radius 2 is 0.949 bits per heavy atom. The van der Waals surface area contributed by atoms with E-state index in [9.17, 15) is 0 Å². The molecule has 10 aromatic carbocycles. The minimum atomic E-state index is 1.10. The van der Waals surface area contributed by atoms with E-state index in [4.69, 9.17) is 0 Å². The molecule has 276 valence electrons. The SMILES string of the molecule is c1ccc(N2c3ccccc3-c3ccc(-c4ccc(N(c5ccc6c(c5)c5ccccc5n6-c5ccccc5)c5cccc6ccccc56)cc4)c4cccc2c34)cc1. The van der Waals surface area contributed by atoms with Crippen LogP contribution in [0.3, 0.4) is 0 Å². The lowest BCUT2D eigenvalue weighted by Gasteiger charge is -2.34. The third-order valence-electron chi connectivity index (χ3n) is 12.1. The summed E-state index contributed by atoms with van der Waals surface area (Å²) in [4.78, 5) is 4.83. The summed E-state index contributed by atoms with van der Waals surface area (Å²) < 4.78 is 2.38.